The van der Waals surface area contributed by atoms with Crippen LogP contribution < -0.4 is 4.74 Å². The van der Waals surface area contributed by atoms with Gasteiger partial charge in [-0.05, 0) is 55.0 Å². The van der Waals surface area contributed by atoms with Crippen molar-refractivity contribution >= 4 is 11.8 Å². The first-order valence-corrected chi connectivity index (χ1v) is 11.0. The highest BCUT2D eigenvalue weighted by atomic mass is 32.2. The van der Waals surface area contributed by atoms with Crippen molar-refractivity contribution < 1.29 is 13.7 Å². The van der Waals surface area contributed by atoms with Gasteiger partial charge in [0, 0.05) is 17.7 Å². The van der Waals surface area contributed by atoms with Crippen LogP contribution in [0.15, 0.2) is 58.2 Å². The SMILES string of the molecule is CCCCn1c(SCc2nc(-c3ccc(F)cc3)no2)nnc1-c1ccc(OC)cc1. The molecular weight excluding hydrogens is 417 g/mol. The van der Waals surface area contributed by atoms with Crippen LogP contribution in [-0.4, -0.2) is 32.0 Å². The Morgan fingerprint density at radius 2 is 1.77 bits per heavy atom. The molecule has 0 atom stereocenters. The van der Waals surface area contributed by atoms with Crippen molar-refractivity contribution in [3.8, 4) is 28.5 Å². The van der Waals surface area contributed by atoms with E-state index in [1.165, 1.54) is 23.9 Å². The van der Waals surface area contributed by atoms with Gasteiger partial charge in [0.25, 0.3) is 0 Å². The first-order valence-electron chi connectivity index (χ1n) is 9.97. The highest BCUT2D eigenvalue weighted by molar-refractivity contribution is 7.98. The Morgan fingerprint density at radius 1 is 1.03 bits per heavy atom. The van der Waals surface area contributed by atoms with Crippen LogP contribution in [0, 0.1) is 5.82 Å². The number of nitrogens with zero attached hydrogens (tertiary/aromatic N) is 5. The van der Waals surface area contributed by atoms with Gasteiger partial charge in [-0.3, -0.25) is 0 Å². The summed E-state index contributed by atoms with van der Waals surface area (Å²) in [6.07, 6.45) is 2.08. The van der Waals surface area contributed by atoms with Crippen LogP contribution in [0.2, 0.25) is 0 Å². The minimum absolute atomic E-state index is 0.304. The van der Waals surface area contributed by atoms with Gasteiger partial charge < -0.3 is 13.8 Å². The molecule has 4 aromatic rings. The lowest BCUT2D eigenvalue weighted by molar-refractivity contribution is 0.391. The highest BCUT2D eigenvalue weighted by Gasteiger charge is 2.16. The summed E-state index contributed by atoms with van der Waals surface area (Å²) in [4.78, 5) is 4.41. The highest BCUT2D eigenvalue weighted by Crippen LogP contribution is 2.28. The fraction of sp³-hybridized carbons (Fsp3) is 0.273. The number of rotatable bonds is 9. The van der Waals surface area contributed by atoms with Gasteiger partial charge in [0.15, 0.2) is 11.0 Å². The Labute approximate surface area is 183 Å². The Hall–Kier alpha value is -3.20. The molecule has 0 N–H and O–H groups in total. The van der Waals surface area contributed by atoms with Crippen LogP contribution >= 0.6 is 11.8 Å². The quantitative estimate of drug-likeness (QED) is 0.330. The molecule has 9 heteroatoms. The molecular formula is C22H22FN5O2S. The molecule has 0 aliphatic heterocycles. The number of hydrogen-bond acceptors (Lipinski definition) is 7. The number of hydrogen-bond donors (Lipinski definition) is 0. The maximum absolute atomic E-state index is 13.1. The van der Waals surface area contributed by atoms with E-state index >= 15 is 0 Å². The minimum atomic E-state index is -0.304. The second kappa shape index (κ2) is 9.74. The van der Waals surface area contributed by atoms with Gasteiger partial charge in [0.1, 0.15) is 11.6 Å². The predicted octanol–water partition coefficient (Wildman–Crippen LogP) is 5.24. The molecule has 2 heterocycles. The molecule has 0 saturated heterocycles. The third-order valence-corrected chi connectivity index (χ3v) is 5.65. The van der Waals surface area contributed by atoms with Crippen LogP contribution in [-0.2, 0) is 12.3 Å². The molecule has 2 aromatic carbocycles. The van der Waals surface area contributed by atoms with E-state index < -0.39 is 0 Å². The Kier molecular flexibility index (Phi) is 6.61. The smallest absolute Gasteiger partial charge is 0.237 e. The molecule has 0 spiro atoms. The second-order valence-corrected chi connectivity index (χ2v) is 7.79. The zero-order chi connectivity index (χ0) is 21.6. The normalized spacial score (nSPS) is 11.1. The molecule has 0 fully saturated rings. The third kappa shape index (κ3) is 4.93. The van der Waals surface area contributed by atoms with E-state index in [2.05, 4.69) is 31.8 Å². The summed E-state index contributed by atoms with van der Waals surface area (Å²) in [5, 5.41) is 13.6. The molecule has 31 heavy (non-hydrogen) atoms. The first kappa shape index (κ1) is 21.0. The van der Waals surface area contributed by atoms with E-state index in [0.29, 0.717) is 23.0 Å². The van der Waals surface area contributed by atoms with Crippen LogP contribution in [0.5, 0.6) is 5.75 Å². The summed E-state index contributed by atoms with van der Waals surface area (Å²) in [5.41, 5.74) is 1.68. The van der Waals surface area contributed by atoms with E-state index in [-0.39, 0.29) is 5.82 Å². The monoisotopic (exact) mass is 439 g/mol. The molecule has 4 rings (SSSR count). The Bertz CT molecular complexity index is 1130. The van der Waals surface area contributed by atoms with Crippen molar-refractivity contribution in [1.29, 1.82) is 0 Å². The van der Waals surface area contributed by atoms with Crippen molar-refractivity contribution in [2.75, 3.05) is 7.11 Å². The summed E-state index contributed by atoms with van der Waals surface area (Å²) in [7, 11) is 1.65. The van der Waals surface area contributed by atoms with Gasteiger partial charge in [0.05, 0.1) is 12.9 Å². The van der Waals surface area contributed by atoms with Gasteiger partial charge >= 0.3 is 0 Å². The van der Waals surface area contributed by atoms with Crippen molar-refractivity contribution in [3.05, 3.63) is 60.2 Å². The number of unbranched alkanes of at least 4 members (excludes halogenated alkanes) is 1. The van der Waals surface area contributed by atoms with Crippen LogP contribution in [0.3, 0.4) is 0 Å². The molecule has 0 unspecified atom stereocenters. The molecule has 0 saturated carbocycles. The van der Waals surface area contributed by atoms with E-state index in [0.717, 1.165) is 41.7 Å². The number of halogens is 1. The number of methoxy groups -OCH3 is 1. The Balaban J connectivity index is 1.51. The van der Waals surface area contributed by atoms with Crippen molar-refractivity contribution in [2.24, 2.45) is 0 Å². The molecule has 0 radical (unpaired) electrons. The average molecular weight is 440 g/mol. The largest absolute Gasteiger partial charge is 0.497 e. The van der Waals surface area contributed by atoms with Crippen LogP contribution in [0.4, 0.5) is 4.39 Å². The zero-order valence-electron chi connectivity index (χ0n) is 17.3. The van der Waals surface area contributed by atoms with Gasteiger partial charge in [-0.15, -0.1) is 10.2 Å². The van der Waals surface area contributed by atoms with Gasteiger partial charge in [-0.1, -0.05) is 30.3 Å². The average Bonchev–Trinajstić information content (AvgIpc) is 3.44. The predicted molar refractivity (Wildman–Crippen MR) is 116 cm³/mol. The maximum Gasteiger partial charge on any atom is 0.237 e. The van der Waals surface area contributed by atoms with E-state index in [4.69, 9.17) is 9.26 Å². The first-order chi connectivity index (χ1) is 15.2. The summed E-state index contributed by atoms with van der Waals surface area (Å²) in [5.74, 6) is 2.67. The van der Waals surface area contributed by atoms with Gasteiger partial charge in [0.2, 0.25) is 11.7 Å². The van der Waals surface area contributed by atoms with E-state index in [1.807, 2.05) is 24.3 Å². The molecule has 2 aromatic heterocycles. The summed E-state index contributed by atoms with van der Waals surface area (Å²) in [6.45, 7) is 2.97. The lowest BCUT2D eigenvalue weighted by Gasteiger charge is -2.09. The lowest BCUT2D eigenvalue weighted by atomic mass is 10.2. The van der Waals surface area contributed by atoms with Crippen molar-refractivity contribution in [1.82, 2.24) is 24.9 Å². The van der Waals surface area contributed by atoms with Gasteiger partial charge in [-0.25, -0.2) is 4.39 Å². The molecule has 7 nitrogen and oxygen atoms in total. The molecule has 0 aliphatic carbocycles. The minimum Gasteiger partial charge on any atom is -0.497 e. The topological polar surface area (TPSA) is 78.9 Å². The number of ether oxygens (including phenoxy) is 1. The maximum atomic E-state index is 13.1. The molecule has 0 aliphatic rings. The number of aromatic nitrogens is 5. The fourth-order valence-electron chi connectivity index (χ4n) is 3.02. The Morgan fingerprint density at radius 3 is 2.48 bits per heavy atom. The zero-order valence-corrected chi connectivity index (χ0v) is 18.1. The summed E-state index contributed by atoms with van der Waals surface area (Å²) >= 11 is 1.49. The molecule has 0 bridgehead atoms. The van der Waals surface area contributed by atoms with Crippen LogP contribution in [0.1, 0.15) is 25.7 Å². The van der Waals surface area contributed by atoms with Crippen molar-refractivity contribution in [2.45, 2.75) is 37.2 Å². The summed E-state index contributed by atoms with van der Waals surface area (Å²) < 4.78 is 25.8. The molecule has 160 valence electrons. The van der Waals surface area contributed by atoms with E-state index in [1.54, 1.807) is 19.2 Å². The number of thioether (sulfide) groups is 1. The van der Waals surface area contributed by atoms with Crippen molar-refractivity contribution in [3.63, 3.8) is 0 Å². The van der Waals surface area contributed by atoms with E-state index in [9.17, 15) is 4.39 Å². The molecule has 0 amide bonds. The van der Waals surface area contributed by atoms with Gasteiger partial charge in [-0.2, -0.15) is 4.98 Å². The summed E-state index contributed by atoms with van der Waals surface area (Å²) in [6, 6.07) is 13.8. The third-order valence-electron chi connectivity index (χ3n) is 4.70. The van der Waals surface area contributed by atoms with Crippen LogP contribution in [0.25, 0.3) is 22.8 Å². The standard InChI is InChI=1S/C22H22FN5O2S/c1-3-4-13-28-21(16-7-11-18(29-2)12-8-16)25-26-22(28)31-14-19-24-20(27-30-19)15-5-9-17(23)10-6-15/h5-12H,3-4,13-14H2,1-2H3. The fourth-order valence-corrected chi connectivity index (χ4v) is 3.82. The lowest BCUT2D eigenvalue weighted by Crippen LogP contribution is -2.02. The second-order valence-electron chi connectivity index (χ2n) is 6.85. The number of benzene rings is 2.